The maximum Gasteiger partial charge on any atom is 0.326 e. The molecule has 3 aromatic rings. The molecule has 0 aliphatic carbocycles. The summed E-state index contributed by atoms with van der Waals surface area (Å²) in [6, 6.07) is 12.9. The number of carbonyl (C=O) groups is 4. The number of nitrogens with two attached hydrogens (primary N) is 3. The van der Waals surface area contributed by atoms with Gasteiger partial charge in [-0.15, -0.1) is 0 Å². The van der Waals surface area contributed by atoms with Crippen LogP contribution in [0.2, 0.25) is 0 Å². The first-order valence-corrected chi connectivity index (χ1v) is 13.1. The van der Waals surface area contributed by atoms with E-state index in [0.717, 1.165) is 22.0 Å². The van der Waals surface area contributed by atoms with E-state index in [1.807, 2.05) is 24.3 Å². The number of nitrogens with zero attached hydrogens (tertiary/aromatic N) is 1. The number of hydrogen-bond donors (Lipinski definition) is 8. The van der Waals surface area contributed by atoms with Crippen LogP contribution in [0, 0.1) is 0 Å². The summed E-state index contributed by atoms with van der Waals surface area (Å²) < 4.78 is 0. The summed E-state index contributed by atoms with van der Waals surface area (Å²) >= 11 is 0. The van der Waals surface area contributed by atoms with Crippen LogP contribution in [0.25, 0.3) is 10.9 Å². The molecule has 0 saturated carbocycles. The smallest absolute Gasteiger partial charge is 0.326 e. The Labute approximate surface area is 236 Å². The van der Waals surface area contributed by atoms with E-state index in [9.17, 15) is 24.3 Å². The van der Waals surface area contributed by atoms with Crippen LogP contribution in [0.3, 0.4) is 0 Å². The van der Waals surface area contributed by atoms with E-state index in [1.54, 1.807) is 36.5 Å². The molecule has 0 fully saturated rings. The minimum Gasteiger partial charge on any atom is -0.480 e. The van der Waals surface area contributed by atoms with Crippen LogP contribution in [0.4, 0.5) is 0 Å². The van der Waals surface area contributed by atoms with Gasteiger partial charge in [0, 0.05) is 36.5 Å². The van der Waals surface area contributed by atoms with Crippen molar-refractivity contribution in [2.45, 2.75) is 43.8 Å². The topological polar surface area (TPSA) is 231 Å². The number of carboxylic acids is 1. The van der Waals surface area contributed by atoms with Gasteiger partial charge >= 0.3 is 5.97 Å². The fraction of sp³-hybridized carbons (Fsp3) is 0.321. The second-order valence-corrected chi connectivity index (χ2v) is 9.49. The van der Waals surface area contributed by atoms with Crippen molar-refractivity contribution in [3.05, 3.63) is 71.9 Å². The van der Waals surface area contributed by atoms with Gasteiger partial charge in [0.05, 0.1) is 6.54 Å². The summed E-state index contributed by atoms with van der Waals surface area (Å²) in [5.74, 6) is -3.21. The molecule has 3 amide bonds. The molecule has 0 bridgehead atoms. The van der Waals surface area contributed by atoms with Gasteiger partial charge in [0.25, 0.3) is 0 Å². The molecule has 0 spiro atoms. The fourth-order valence-electron chi connectivity index (χ4n) is 4.35. The zero-order valence-electron chi connectivity index (χ0n) is 22.5. The predicted molar refractivity (Wildman–Crippen MR) is 155 cm³/mol. The molecule has 0 saturated heterocycles. The molecule has 11 N–H and O–H groups in total. The number of carboxylic acid groups (broad SMARTS) is 1. The highest BCUT2D eigenvalue weighted by Crippen LogP contribution is 2.19. The molecule has 0 aliphatic heterocycles. The van der Waals surface area contributed by atoms with Crippen LogP contribution in [0.15, 0.2) is 65.8 Å². The van der Waals surface area contributed by atoms with E-state index in [0.29, 0.717) is 6.42 Å². The summed E-state index contributed by atoms with van der Waals surface area (Å²) in [5, 5.41) is 18.5. The summed E-state index contributed by atoms with van der Waals surface area (Å²) in [4.78, 5) is 58.0. The minimum atomic E-state index is -1.24. The third-order valence-electron chi connectivity index (χ3n) is 6.41. The number of benzene rings is 2. The molecule has 0 aliphatic rings. The molecule has 1 heterocycles. The standard InChI is InChI=1S/C28H36N8O5/c29-15-24(37)34-22(14-18-16-33-20-10-5-4-9-19(18)20)26(39)35-21(11-6-12-32-28(30)31)25(38)36-23(27(40)41)13-17-7-2-1-3-8-17/h1-5,7-10,16,21-23,33H,6,11-15,29H2,(H,34,37)(H,35,39)(H,36,38)(H,40,41)(H4,30,31,32). The number of nitrogens with one attached hydrogen (secondary N) is 4. The van der Waals surface area contributed by atoms with E-state index in [2.05, 4.69) is 25.9 Å². The normalized spacial score (nSPS) is 13.0. The van der Waals surface area contributed by atoms with Crippen LogP contribution in [-0.4, -0.2) is 71.0 Å². The van der Waals surface area contributed by atoms with Crippen LogP contribution in [0.1, 0.15) is 24.0 Å². The number of hydrogen-bond acceptors (Lipinski definition) is 6. The minimum absolute atomic E-state index is 0.0479. The predicted octanol–water partition coefficient (Wildman–Crippen LogP) is -0.496. The zero-order valence-corrected chi connectivity index (χ0v) is 22.5. The van der Waals surface area contributed by atoms with Crippen molar-refractivity contribution in [1.29, 1.82) is 0 Å². The lowest BCUT2D eigenvalue weighted by Gasteiger charge is -2.24. The highest BCUT2D eigenvalue weighted by atomic mass is 16.4. The number of aromatic nitrogens is 1. The first-order valence-electron chi connectivity index (χ1n) is 13.1. The number of fused-ring (bicyclic) bond motifs is 1. The van der Waals surface area contributed by atoms with Crippen molar-refractivity contribution in [3.63, 3.8) is 0 Å². The lowest BCUT2D eigenvalue weighted by molar-refractivity contribution is -0.142. The molecule has 2 aromatic carbocycles. The SMILES string of the molecule is NCC(=O)NC(Cc1c[nH]c2ccccc12)C(=O)NC(CCCN=C(N)N)C(=O)NC(Cc1ccccc1)C(=O)O. The highest BCUT2D eigenvalue weighted by molar-refractivity contribution is 5.94. The monoisotopic (exact) mass is 564 g/mol. The fourth-order valence-corrected chi connectivity index (χ4v) is 4.35. The van der Waals surface area contributed by atoms with E-state index in [4.69, 9.17) is 17.2 Å². The maximum absolute atomic E-state index is 13.5. The van der Waals surface area contributed by atoms with E-state index >= 15 is 0 Å². The van der Waals surface area contributed by atoms with Crippen molar-refractivity contribution in [2.75, 3.05) is 13.1 Å². The zero-order chi connectivity index (χ0) is 29.8. The Balaban J connectivity index is 1.80. The van der Waals surface area contributed by atoms with E-state index in [1.165, 1.54) is 0 Å². The van der Waals surface area contributed by atoms with Gasteiger partial charge in [-0.3, -0.25) is 19.4 Å². The quantitative estimate of drug-likeness (QED) is 0.0680. The number of aliphatic imine (C=N–C) groups is 1. The molecule has 3 rings (SSSR count). The first kappa shape index (κ1) is 30.6. The van der Waals surface area contributed by atoms with E-state index in [-0.39, 0.29) is 38.3 Å². The summed E-state index contributed by atoms with van der Waals surface area (Å²) in [6.45, 7) is -0.142. The van der Waals surface area contributed by atoms with Gasteiger partial charge in [0.1, 0.15) is 18.1 Å². The summed E-state index contributed by atoms with van der Waals surface area (Å²) in [6.07, 6.45) is 2.34. The number of guanidine groups is 1. The van der Waals surface area contributed by atoms with Crippen LogP contribution in [0.5, 0.6) is 0 Å². The van der Waals surface area contributed by atoms with Gasteiger partial charge in [-0.2, -0.15) is 0 Å². The lowest BCUT2D eigenvalue weighted by Crippen LogP contribution is -2.57. The van der Waals surface area contributed by atoms with E-state index < -0.39 is 41.8 Å². The Hall–Kier alpha value is -4.91. The molecule has 41 heavy (non-hydrogen) atoms. The van der Waals surface area contributed by atoms with Gasteiger partial charge in [-0.1, -0.05) is 48.5 Å². The number of H-pyrrole nitrogens is 1. The van der Waals surface area contributed by atoms with Gasteiger partial charge < -0.3 is 43.2 Å². The third kappa shape index (κ3) is 9.35. The number of aliphatic carboxylic acids is 1. The Kier molecular flexibility index (Phi) is 11.2. The van der Waals surface area contributed by atoms with Crippen LogP contribution < -0.4 is 33.2 Å². The molecule has 1 aromatic heterocycles. The van der Waals surface area contributed by atoms with Crippen LogP contribution in [-0.2, 0) is 32.0 Å². The maximum atomic E-state index is 13.5. The highest BCUT2D eigenvalue weighted by Gasteiger charge is 2.30. The number of aromatic amines is 1. The number of amides is 3. The molecule has 13 heteroatoms. The van der Waals surface area contributed by atoms with Crippen molar-refractivity contribution in [2.24, 2.45) is 22.2 Å². The average Bonchev–Trinajstić information content (AvgIpc) is 3.36. The van der Waals surface area contributed by atoms with Gasteiger partial charge in [0.15, 0.2) is 5.96 Å². The Morgan fingerprint density at radius 3 is 2.20 bits per heavy atom. The third-order valence-corrected chi connectivity index (χ3v) is 6.41. The van der Waals surface area contributed by atoms with Gasteiger partial charge in [-0.05, 0) is 30.0 Å². The van der Waals surface area contributed by atoms with Crippen molar-refractivity contribution < 1.29 is 24.3 Å². The first-order chi connectivity index (χ1) is 19.7. The largest absolute Gasteiger partial charge is 0.480 e. The summed E-state index contributed by atoms with van der Waals surface area (Å²) in [7, 11) is 0. The molecule has 0 radical (unpaired) electrons. The Bertz CT molecular complexity index is 1370. The molecular formula is C28H36N8O5. The number of carbonyl (C=O) groups excluding carboxylic acids is 3. The molecule has 13 nitrogen and oxygen atoms in total. The Morgan fingerprint density at radius 1 is 0.854 bits per heavy atom. The van der Waals surface area contributed by atoms with Crippen molar-refractivity contribution in [1.82, 2.24) is 20.9 Å². The molecule has 218 valence electrons. The Morgan fingerprint density at radius 2 is 1.51 bits per heavy atom. The van der Waals surface area contributed by atoms with Crippen molar-refractivity contribution >= 4 is 40.6 Å². The summed E-state index contributed by atoms with van der Waals surface area (Å²) in [5.41, 5.74) is 18.6. The second kappa shape index (κ2) is 15.0. The number of rotatable bonds is 15. The molecule has 3 unspecified atom stereocenters. The number of para-hydroxylation sites is 1. The average molecular weight is 565 g/mol. The van der Waals surface area contributed by atoms with Crippen LogP contribution >= 0.6 is 0 Å². The van der Waals surface area contributed by atoms with Gasteiger partial charge in [0.2, 0.25) is 17.7 Å². The lowest BCUT2D eigenvalue weighted by atomic mass is 10.0. The van der Waals surface area contributed by atoms with Crippen molar-refractivity contribution in [3.8, 4) is 0 Å². The second-order valence-electron chi connectivity index (χ2n) is 9.49. The molecular weight excluding hydrogens is 528 g/mol. The van der Waals surface area contributed by atoms with Gasteiger partial charge in [-0.25, -0.2) is 4.79 Å². The molecule has 3 atom stereocenters.